The molecule has 3 saturated carbocycles. The maximum atomic E-state index is 13.7. The van der Waals surface area contributed by atoms with Crippen molar-refractivity contribution in [1.29, 1.82) is 0 Å². The van der Waals surface area contributed by atoms with Crippen LogP contribution in [0.1, 0.15) is 66.2 Å². The van der Waals surface area contributed by atoms with E-state index in [4.69, 9.17) is 10.5 Å². The van der Waals surface area contributed by atoms with Crippen LogP contribution in [0.3, 0.4) is 0 Å². The standard InChI is InChI=1S/C37H54N8O6/c1-6-34(3)17-26(47)36(5)30-25(46)7-9-37(30,23(2)31(34)50)11-10-35(36,4)51-28(49)20-42-13-15-43(16-14-42)27(48)19-45-22-41-29-32(39-21-40-33(29)45)44-12-8-24(38)18-44/h6,21-24,26,30-31,47,50H,1,7-20,38H2,2-5H3. The van der Waals surface area contributed by atoms with Crippen LogP contribution in [-0.4, -0.2) is 127 Å². The van der Waals surface area contributed by atoms with E-state index in [0.717, 1.165) is 18.8 Å². The fourth-order valence-electron chi connectivity index (χ4n) is 10.5. The van der Waals surface area contributed by atoms with Crippen LogP contribution in [0.4, 0.5) is 5.82 Å². The number of esters is 1. The van der Waals surface area contributed by atoms with Gasteiger partial charge in [-0.2, -0.15) is 0 Å². The second-order valence-corrected chi connectivity index (χ2v) is 16.7. The Labute approximate surface area is 299 Å². The molecule has 9 unspecified atom stereocenters. The van der Waals surface area contributed by atoms with Crippen LogP contribution in [0.5, 0.6) is 0 Å². The molecule has 51 heavy (non-hydrogen) atoms. The minimum atomic E-state index is -1.10. The van der Waals surface area contributed by atoms with Crippen molar-refractivity contribution in [1.82, 2.24) is 29.3 Å². The minimum absolute atomic E-state index is 0.0407. The Bertz CT molecular complexity index is 1710. The summed E-state index contributed by atoms with van der Waals surface area (Å²) in [6, 6.07) is 0.0960. The molecule has 278 valence electrons. The number of anilines is 1. The molecule has 7 rings (SSSR count). The highest BCUT2D eigenvalue weighted by molar-refractivity contribution is 5.86. The number of aliphatic hydroxyl groups excluding tert-OH is 2. The second-order valence-electron chi connectivity index (χ2n) is 16.7. The van der Waals surface area contributed by atoms with Gasteiger partial charge in [0.15, 0.2) is 17.0 Å². The van der Waals surface area contributed by atoms with Gasteiger partial charge >= 0.3 is 5.97 Å². The number of carbonyl (C=O) groups is 3. The highest BCUT2D eigenvalue weighted by Gasteiger charge is 2.72. The summed E-state index contributed by atoms with van der Waals surface area (Å²) >= 11 is 0. The van der Waals surface area contributed by atoms with Crippen LogP contribution in [-0.2, 0) is 25.7 Å². The molecule has 0 spiro atoms. The smallest absolute Gasteiger partial charge is 0.320 e. The summed E-state index contributed by atoms with van der Waals surface area (Å²) in [5.74, 6) is -0.396. The summed E-state index contributed by atoms with van der Waals surface area (Å²) in [7, 11) is 0. The summed E-state index contributed by atoms with van der Waals surface area (Å²) in [5, 5.41) is 23.6. The first-order valence-corrected chi connectivity index (χ1v) is 18.6. The normalized spacial score (nSPS) is 38.7. The Morgan fingerprint density at radius 1 is 1.06 bits per heavy atom. The zero-order valence-corrected chi connectivity index (χ0v) is 30.5. The molecule has 0 radical (unpaired) electrons. The fourth-order valence-corrected chi connectivity index (χ4v) is 10.5. The molecule has 1 amide bonds. The van der Waals surface area contributed by atoms with Crippen LogP contribution in [0.25, 0.3) is 11.2 Å². The van der Waals surface area contributed by atoms with E-state index in [2.05, 4.69) is 26.4 Å². The van der Waals surface area contributed by atoms with E-state index in [-0.39, 0.29) is 43.2 Å². The van der Waals surface area contributed by atoms with Crippen molar-refractivity contribution in [3.63, 3.8) is 0 Å². The SMILES string of the molecule is C=CC1(C)CC(O)C2(C)C3C(=O)CCC3(CCC2(C)OC(=O)CN2CCN(C(=O)Cn3cnc4c(N5CCC(N)C5)ncnc43)CC2)C(C)C1O. The fraction of sp³-hybridized carbons (Fsp3) is 0.730. The number of carbonyl (C=O) groups excluding carboxylic acids is 3. The Morgan fingerprint density at radius 3 is 2.49 bits per heavy atom. The number of Topliss-reactive ketones (excluding diaryl/α,β-unsaturated/α-hetero) is 1. The van der Waals surface area contributed by atoms with Gasteiger partial charge in [-0.25, -0.2) is 15.0 Å². The molecule has 2 aromatic rings. The first kappa shape index (κ1) is 35.9. The van der Waals surface area contributed by atoms with Gasteiger partial charge in [-0.3, -0.25) is 19.3 Å². The number of nitrogens with zero attached hydrogens (tertiary/aromatic N) is 7. The molecule has 2 saturated heterocycles. The summed E-state index contributed by atoms with van der Waals surface area (Å²) in [5.41, 5.74) is 3.94. The number of fused-ring (bicyclic) bond motifs is 1. The molecule has 14 nitrogen and oxygen atoms in total. The Kier molecular flexibility index (Phi) is 9.08. The monoisotopic (exact) mass is 706 g/mol. The Hall–Kier alpha value is -3.46. The molecule has 4 N–H and O–H groups in total. The zero-order valence-electron chi connectivity index (χ0n) is 30.5. The number of imidazole rings is 1. The highest BCUT2D eigenvalue weighted by atomic mass is 16.6. The maximum Gasteiger partial charge on any atom is 0.320 e. The van der Waals surface area contributed by atoms with Crippen molar-refractivity contribution >= 4 is 34.6 Å². The number of hydrogen-bond acceptors (Lipinski definition) is 12. The Morgan fingerprint density at radius 2 is 1.80 bits per heavy atom. The number of hydrogen-bond donors (Lipinski definition) is 3. The minimum Gasteiger partial charge on any atom is -0.458 e. The van der Waals surface area contributed by atoms with Gasteiger partial charge in [0, 0.05) is 68.5 Å². The molecule has 14 heteroatoms. The third-order valence-corrected chi connectivity index (χ3v) is 14.0. The molecule has 9 atom stereocenters. The largest absolute Gasteiger partial charge is 0.458 e. The average molecular weight is 707 g/mol. The first-order valence-electron chi connectivity index (χ1n) is 18.6. The van der Waals surface area contributed by atoms with Crippen LogP contribution < -0.4 is 10.6 Å². The molecular weight excluding hydrogens is 652 g/mol. The summed E-state index contributed by atoms with van der Waals surface area (Å²) in [6.07, 6.45) is 6.33. The molecule has 5 fully saturated rings. The summed E-state index contributed by atoms with van der Waals surface area (Å²) in [6.45, 7) is 15.3. The number of ketones is 1. The zero-order chi connectivity index (χ0) is 36.5. The number of amides is 1. The highest BCUT2D eigenvalue weighted by Crippen LogP contribution is 2.69. The van der Waals surface area contributed by atoms with Crippen LogP contribution >= 0.6 is 0 Å². The lowest BCUT2D eigenvalue weighted by atomic mass is 9.42. The van der Waals surface area contributed by atoms with Crippen LogP contribution in [0.15, 0.2) is 25.3 Å². The van der Waals surface area contributed by atoms with Crippen molar-refractivity contribution in [2.24, 2.45) is 33.8 Å². The lowest BCUT2D eigenvalue weighted by Crippen LogP contribution is -2.69. The number of ether oxygens (including phenoxy) is 1. The van der Waals surface area contributed by atoms with Crippen LogP contribution in [0.2, 0.25) is 0 Å². The Balaban J connectivity index is 0.998. The lowest BCUT2D eigenvalue weighted by molar-refractivity contribution is -0.252. The predicted octanol–water partition coefficient (Wildman–Crippen LogP) is 1.53. The summed E-state index contributed by atoms with van der Waals surface area (Å²) in [4.78, 5) is 60.1. The third kappa shape index (κ3) is 5.68. The third-order valence-electron chi connectivity index (χ3n) is 14.0. The van der Waals surface area contributed by atoms with Crippen molar-refractivity contribution in [3.8, 4) is 0 Å². The average Bonchev–Trinajstić information content (AvgIpc) is 3.83. The molecule has 4 heterocycles. The van der Waals surface area contributed by atoms with Gasteiger partial charge in [-0.15, -0.1) is 6.58 Å². The molecule has 2 bridgehead atoms. The van der Waals surface area contributed by atoms with Gasteiger partial charge in [0.25, 0.3) is 0 Å². The lowest BCUT2D eigenvalue weighted by Gasteiger charge is -2.64. The van der Waals surface area contributed by atoms with E-state index in [1.165, 1.54) is 6.33 Å². The maximum absolute atomic E-state index is 13.7. The quantitative estimate of drug-likeness (QED) is 0.280. The van der Waals surface area contributed by atoms with Crippen molar-refractivity contribution in [2.75, 3.05) is 50.7 Å². The number of aromatic nitrogens is 4. The van der Waals surface area contributed by atoms with Gasteiger partial charge in [-0.1, -0.05) is 26.8 Å². The number of nitrogens with two attached hydrogens (primary N) is 1. The number of rotatable bonds is 7. The predicted molar refractivity (Wildman–Crippen MR) is 189 cm³/mol. The van der Waals surface area contributed by atoms with Crippen molar-refractivity contribution < 1.29 is 29.3 Å². The van der Waals surface area contributed by atoms with Gasteiger partial charge < -0.3 is 35.1 Å². The molecule has 2 aliphatic heterocycles. The van der Waals surface area contributed by atoms with E-state index in [9.17, 15) is 24.6 Å². The number of piperazine rings is 1. The molecule has 3 aliphatic carbocycles. The molecule has 2 aromatic heterocycles. The van der Waals surface area contributed by atoms with Crippen LogP contribution in [0, 0.1) is 28.1 Å². The van der Waals surface area contributed by atoms with E-state index < -0.39 is 45.9 Å². The van der Waals surface area contributed by atoms with Crippen molar-refractivity contribution in [2.45, 2.75) is 96.6 Å². The summed E-state index contributed by atoms with van der Waals surface area (Å²) < 4.78 is 8.15. The van der Waals surface area contributed by atoms with E-state index >= 15 is 0 Å². The van der Waals surface area contributed by atoms with Crippen molar-refractivity contribution in [3.05, 3.63) is 25.3 Å². The van der Waals surface area contributed by atoms with Gasteiger partial charge in [0.2, 0.25) is 5.91 Å². The van der Waals surface area contributed by atoms with E-state index in [0.29, 0.717) is 69.6 Å². The molecular formula is C37H54N8O6. The van der Waals surface area contributed by atoms with E-state index in [1.54, 1.807) is 21.9 Å². The topological polar surface area (TPSA) is 180 Å². The second kappa shape index (κ2) is 12.9. The van der Waals surface area contributed by atoms with Gasteiger partial charge in [0.1, 0.15) is 24.3 Å². The van der Waals surface area contributed by atoms with Gasteiger partial charge in [0.05, 0.1) is 25.1 Å². The number of aliphatic hydroxyl groups is 2. The van der Waals surface area contributed by atoms with E-state index in [1.807, 2.05) is 32.6 Å². The molecule has 5 aliphatic rings. The first-order chi connectivity index (χ1) is 24.2. The molecule has 0 aromatic carbocycles. The van der Waals surface area contributed by atoms with Gasteiger partial charge in [-0.05, 0) is 50.4 Å².